The van der Waals surface area contributed by atoms with Gasteiger partial charge in [0.15, 0.2) is 17.2 Å². The smallest absolute Gasteiger partial charge is 0.456 e. The number of Topliss-reactive ketones (excluding diaryl/α,β-unsaturated/α-hetero) is 2. The lowest BCUT2D eigenvalue weighted by atomic mass is 9.98. The summed E-state index contributed by atoms with van der Waals surface area (Å²) < 4.78 is 37.6. The maximum absolute atomic E-state index is 12.7. The molecule has 0 spiro atoms. The second-order valence-corrected chi connectivity index (χ2v) is 14.9. The number of carbonyl (C=O) groups is 5. The van der Waals surface area contributed by atoms with Gasteiger partial charge in [-0.1, -0.05) is 0 Å². The van der Waals surface area contributed by atoms with Gasteiger partial charge in [-0.3, -0.25) is 9.59 Å². The summed E-state index contributed by atoms with van der Waals surface area (Å²) in [6.45, 7) is 23.1. The molecule has 0 aromatic carbocycles. The molecule has 12 nitrogen and oxygen atoms in total. The first-order valence-electron chi connectivity index (χ1n) is 14.9. The lowest BCUT2D eigenvalue weighted by molar-refractivity contribution is -0.171. The van der Waals surface area contributed by atoms with Crippen LogP contribution in [0.5, 0.6) is 0 Å². The van der Waals surface area contributed by atoms with Crippen LogP contribution >= 0.6 is 0 Å². The molecule has 0 aliphatic heterocycles. The monoisotopic (exact) mass is 632 g/mol. The average Bonchev–Trinajstić information content (AvgIpc) is 2.76. The van der Waals surface area contributed by atoms with Crippen LogP contribution < -0.4 is 0 Å². The van der Waals surface area contributed by atoms with Gasteiger partial charge in [-0.25, -0.2) is 14.4 Å². The molecule has 44 heavy (non-hydrogen) atoms. The molecule has 0 heterocycles. The molecule has 0 amide bonds. The van der Waals surface area contributed by atoms with Crippen LogP contribution in [-0.2, 0) is 47.5 Å². The topological polar surface area (TPSA) is 150 Å². The Morgan fingerprint density at radius 1 is 0.500 bits per heavy atom. The number of esters is 1. The van der Waals surface area contributed by atoms with E-state index in [1.165, 1.54) is 13.8 Å². The maximum Gasteiger partial charge on any atom is 0.509 e. The van der Waals surface area contributed by atoms with Crippen LogP contribution in [0.15, 0.2) is 0 Å². The van der Waals surface area contributed by atoms with E-state index in [9.17, 15) is 24.0 Å². The summed E-state index contributed by atoms with van der Waals surface area (Å²) in [5.74, 6) is -1.48. The Balaban J connectivity index is 4.59. The normalized spacial score (nSPS) is 13.1. The molecule has 0 aromatic rings. The predicted molar refractivity (Wildman–Crippen MR) is 162 cm³/mol. The lowest BCUT2D eigenvalue weighted by Gasteiger charge is -2.29. The van der Waals surface area contributed by atoms with Crippen molar-refractivity contribution in [2.24, 2.45) is 0 Å². The van der Waals surface area contributed by atoms with Crippen molar-refractivity contribution >= 4 is 29.8 Å². The zero-order chi connectivity index (χ0) is 34.8. The second kappa shape index (κ2) is 16.0. The third-order valence-electron chi connectivity index (χ3n) is 5.99. The van der Waals surface area contributed by atoms with Crippen molar-refractivity contribution in [1.82, 2.24) is 0 Å². The molecule has 12 heteroatoms. The van der Waals surface area contributed by atoms with Gasteiger partial charge in [-0.15, -0.1) is 0 Å². The van der Waals surface area contributed by atoms with Crippen LogP contribution in [0.2, 0.25) is 0 Å². The highest BCUT2D eigenvalue weighted by molar-refractivity contribution is 5.91. The first-order chi connectivity index (χ1) is 19.6. The van der Waals surface area contributed by atoms with Gasteiger partial charge in [0.1, 0.15) is 34.6 Å². The van der Waals surface area contributed by atoms with Gasteiger partial charge in [0, 0.05) is 25.7 Å². The van der Waals surface area contributed by atoms with Crippen LogP contribution in [0.4, 0.5) is 9.59 Å². The van der Waals surface area contributed by atoms with E-state index in [0.717, 1.165) is 0 Å². The van der Waals surface area contributed by atoms with Gasteiger partial charge in [0.25, 0.3) is 0 Å². The summed E-state index contributed by atoms with van der Waals surface area (Å²) in [5, 5.41) is 0. The standard InChI is InChI=1S/C32H56O12/c1-27(2,3)41-25(36)43-29(7,8)17-19-39-31(11,12)23(34)16-15-22(33)21-38-24(35)32(13,14)40-20-18-30(9,10)44-26(37)42-28(4,5)6/h15-21H2,1-14H3. The fourth-order valence-electron chi connectivity index (χ4n) is 3.28. The van der Waals surface area contributed by atoms with Crippen molar-refractivity contribution in [3.63, 3.8) is 0 Å². The van der Waals surface area contributed by atoms with Crippen LogP contribution in [-0.4, -0.2) is 83.3 Å². The first kappa shape index (κ1) is 41.3. The third-order valence-corrected chi connectivity index (χ3v) is 5.99. The van der Waals surface area contributed by atoms with Crippen molar-refractivity contribution in [2.75, 3.05) is 19.8 Å². The molecule has 0 saturated carbocycles. The van der Waals surface area contributed by atoms with E-state index >= 15 is 0 Å². The maximum atomic E-state index is 12.7. The second-order valence-electron chi connectivity index (χ2n) is 14.9. The Morgan fingerprint density at radius 3 is 1.27 bits per heavy atom. The molecular formula is C32H56O12. The van der Waals surface area contributed by atoms with Crippen molar-refractivity contribution in [3.8, 4) is 0 Å². The van der Waals surface area contributed by atoms with E-state index in [1.54, 1.807) is 83.1 Å². The van der Waals surface area contributed by atoms with Gasteiger partial charge in [0.2, 0.25) is 0 Å². The molecule has 0 atom stereocenters. The highest BCUT2D eigenvalue weighted by Gasteiger charge is 2.34. The van der Waals surface area contributed by atoms with E-state index in [0.29, 0.717) is 6.42 Å². The predicted octanol–water partition coefficient (Wildman–Crippen LogP) is 6.28. The summed E-state index contributed by atoms with van der Waals surface area (Å²) in [6, 6.07) is 0. The van der Waals surface area contributed by atoms with Gasteiger partial charge in [0.05, 0.1) is 13.2 Å². The first-order valence-corrected chi connectivity index (χ1v) is 14.9. The van der Waals surface area contributed by atoms with Crippen LogP contribution in [0.3, 0.4) is 0 Å². The van der Waals surface area contributed by atoms with Crippen LogP contribution in [0.25, 0.3) is 0 Å². The van der Waals surface area contributed by atoms with Crippen molar-refractivity contribution in [1.29, 1.82) is 0 Å². The highest BCUT2D eigenvalue weighted by atomic mass is 16.7. The average molecular weight is 633 g/mol. The number of ether oxygens (including phenoxy) is 7. The minimum absolute atomic E-state index is 0.0692. The number of ketones is 2. The Bertz CT molecular complexity index is 916. The van der Waals surface area contributed by atoms with Crippen LogP contribution in [0, 0.1) is 0 Å². The largest absolute Gasteiger partial charge is 0.509 e. The molecule has 0 radical (unpaired) electrons. The summed E-state index contributed by atoms with van der Waals surface area (Å²) in [6.07, 6.45) is -1.25. The fraction of sp³-hybridized carbons (Fsp3) is 0.844. The molecule has 0 N–H and O–H groups in total. The fourth-order valence-corrected chi connectivity index (χ4v) is 3.28. The molecule has 0 aliphatic carbocycles. The Labute approximate surface area is 263 Å². The van der Waals surface area contributed by atoms with Gasteiger partial charge < -0.3 is 33.2 Å². The summed E-state index contributed by atoms with van der Waals surface area (Å²) in [5.41, 5.74) is -5.72. The quantitative estimate of drug-likeness (QED) is 0.131. The summed E-state index contributed by atoms with van der Waals surface area (Å²) in [7, 11) is 0. The lowest BCUT2D eigenvalue weighted by Crippen LogP contribution is -2.40. The summed E-state index contributed by atoms with van der Waals surface area (Å²) >= 11 is 0. The van der Waals surface area contributed by atoms with Crippen molar-refractivity contribution in [2.45, 2.75) is 156 Å². The van der Waals surface area contributed by atoms with Crippen molar-refractivity contribution < 1.29 is 57.1 Å². The Hall–Kier alpha value is -2.73. The van der Waals surface area contributed by atoms with Gasteiger partial charge in [-0.2, -0.15) is 0 Å². The molecule has 0 aromatic heterocycles. The minimum atomic E-state index is -1.37. The molecule has 0 rings (SSSR count). The van der Waals surface area contributed by atoms with E-state index in [1.807, 2.05) is 0 Å². The Morgan fingerprint density at radius 2 is 0.886 bits per heavy atom. The summed E-state index contributed by atoms with van der Waals surface area (Å²) in [4.78, 5) is 61.6. The number of carbonyl (C=O) groups excluding carboxylic acids is 5. The molecule has 0 bridgehead atoms. The SMILES string of the molecule is CC(C)(C)OC(=O)OC(C)(C)CCOC(C)(C)C(=O)CCC(=O)COC(=O)C(C)(C)OCCC(C)(C)OC(=O)OC(C)(C)C. The van der Waals surface area contributed by atoms with Crippen molar-refractivity contribution in [3.05, 3.63) is 0 Å². The Kier molecular flexibility index (Phi) is 15.0. The van der Waals surface area contributed by atoms with E-state index in [2.05, 4.69) is 0 Å². The number of rotatable bonds is 17. The van der Waals surface area contributed by atoms with Gasteiger partial charge >= 0.3 is 18.3 Å². The zero-order valence-electron chi connectivity index (χ0n) is 29.3. The van der Waals surface area contributed by atoms with E-state index in [-0.39, 0.29) is 38.3 Å². The molecular weight excluding hydrogens is 576 g/mol. The highest BCUT2D eigenvalue weighted by Crippen LogP contribution is 2.23. The molecule has 256 valence electrons. The zero-order valence-corrected chi connectivity index (χ0v) is 29.3. The van der Waals surface area contributed by atoms with E-state index in [4.69, 9.17) is 33.2 Å². The molecule has 0 fully saturated rings. The minimum Gasteiger partial charge on any atom is -0.456 e. The van der Waals surface area contributed by atoms with E-state index < -0.39 is 64.3 Å². The third kappa shape index (κ3) is 18.8. The molecule has 0 unspecified atom stereocenters. The number of hydrogen-bond acceptors (Lipinski definition) is 12. The molecule has 0 saturated heterocycles. The number of hydrogen-bond donors (Lipinski definition) is 0. The van der Waals surface area contributed by atoms with Crippen LogP contribution in [0.1, 0.15) is 123 Å². The molecule has 0 aliphatic rings. The van der Waals surface area contributed by atoms with Gasteiger partial charge in [-0.05, 0) is 96.9 Å².